The number of hydrogen-bond donors (Lipinski definition) is 0. The summed E-state index contributed by atoms with van der Waals surface area (Å²) in [6.45, 7) is 3.85. The van der Waals surface area contributed by atoms with Gasteiger partial charge in [-0.2, -0.15) is 0 Å². The second-order valence-electron chi connectivity index (χ2n) is 6.26. The summed E-state index contributed by atoms with van der Waals surface area (Å²) in [6, 6.07) is 17.8. The second kappa shape index (κ2) is 9.14. The molecule has 0 fully saturated rings. The monoisotopic (exact) mass is 378 g/mol. The summed E-state index contributed by atoms with van der Waals surface area (Å²) in [5.41, 5.74) is 1.72. The number of rotatable bonds is 6. The molecule has 26 heavy (non-hydrogen) atoms. The number of likely N-dealkylation sites (N-methyl/N-ethyl adjacent to an activating group) is 1. The number of halogens is 1. The molecule has 0 aliphatic carbocycles. The van der Waals surface area contributed by atoms with Crippen molar-refractivity contribution < 1.29 is 15.0 Å². The molecular formula is C20H27ClN2O3. The van der Waals surface area contributed by atoms with Crippen molar-refractivity contribution in [2.75, 3.05) is 38.7 Å². The number of para-hydroxylation sites is 1. The van der Waals surface area contributed by atoms with Gasteiger partial charge in [0, 0.05) is 25.3 Å². The van der Waals surface area contributed by atoms with Crippen LogP contribution in [-0.2, 0) is 15.1 Å². The molecule has 0 aromatic heterocycles. The van der Waals surface area contributed by atoms with Gasteiger partial charge in [-0.3, -0.25) is 4.79 Å². The van der Waals surface area contributed by atoms with Gasteiger partial charge >= 0.3 is 0 Å². The first kappa shape index (κ1) is 22.1. The first-order chi connectivity index (χ1) is 11.6. The van der Waals surface area contributed by atoms with Crippen molar-refractivity contribution in [3.63, 3.8) is 0 Å². The average molecular weight is 379 g/mol. The number of carbonyl (C=O) groups is 1. The highest BCUT2D eigenvalue weighted by molar-refractivity contribution is 6.09. The fourth-order valence-corrected chi connectivity index (χ4v) is 3.33. The van der Waals surface area contributed by atoms with E-state index in [1.807, 2.05) is 80.5 Å². The first-order valence-corrected chi connectivity index (χ1v) is 8.37. The van der Waals surface area contributed by atoms with Crippen LogP contribution in [0.4, 0.5) is 5.69 Å². The third-order valence-corrected chi connectivity index (χ3v) is 4.43. The number of anilines is 1. The summed E-state index contributed by atoms with van der Waals surface area (Å²) in [4.78, 5) is 17.4. The van der Waals surface area contributed by atoms with Gasteiger partial charge in [0.05, 0.1) is 5.69 Å². The number of ether oxygens (including phenoxy) is 1. The molecule has 0 radical (unpaired) electrons. The molecule has 0 spiro atoms. The molecule has 1 aliphatic rings. The summed E-state index contributed by atoms with van der Waals surface area (Å²) in [5.74, 6) is -0.00130. The number of amides is 1. The maximum Gasteiger partial charge on any atom is 0.268 e. The quantitative estimate of drug-likeness (QED) is 0.775. The number of fused-ring (bicyclic) bond motifs is 1. The van der Waals surface area contributed by atoms with Crippen molar-refractivity contribution in [3.05, 3.63) is 65.7 Å². The van der Waals surface area contributed by atoms with E-state index in [1.165, 1.54) is 0 Å². The lowest BCUT2D eigenvalue weighted by Gasteiger charge is -2.29. The average Bonchev–Trinajstić information content (AvgIpc) is 2.84. The Hall–Kier alpha value is -1.92. The molecule has 2 aromatic rings. The van der Waals surface area contributed by atoms with Crippen LogP contribution in [0, 0.1) is 0 Å². The van der Waals surface area contributed by atoms with Crippen molar-refractivity contribution in [2.45, 2.75) is 12.5 Å². The Morgan fingerprint density at radius 3 is 2.27 bits per heavy atom. The highest BCUT2D eigenvalue weighted by Gasteiger charge is 2.52. The molecule has 2 N–H and O–H groups in total. The normalized spacial score (nSPS) is 18.3. The predicted molar refractivity (Wildman–Crippen MR) is 107 cm³/mol. The molecule has 0 bridgehead atoms. The van der Waals surface area contributed by atoms with Crippen LogP contribution >= 0.6 is 12.4 Å². The van der Waals surface area contributed by atoms with Crippen molar-refractivity contribution in [2.24, 2.45) is 0 Å². The van der Waals surface area contributed by atoms with Gasteiger partial charge in [0.1, 0.15) is 0 Å². The van der Waals surface area contributed by atoms with Crippen molar-refractivity contribution in [1.82, 2.24) is 4.90 Å². The SMILES string of the molecule is CCOC1(c2ccccc2)C(=O)N(CCN(C)C)c2ccccc21.Cl.O. The molecule has 6 heteroatoms. The summed E-state index contributed by atoms with van der Waals surface area (Å²) >= 11 is 0. The van der Waals surface area contributed by atoms with Gasteiger partial charge < -0.3 is 20.0 Å². The molecule has 142 valence electrons. The highest BCUT2D eigenvalue weighted by atomic mass is 35.5. The molecule has 1 aliphatic heterocycles. The molecule has 5 nitrogen and oxygen atoms in total. The number of nitrogens with zero attached hydrogens (tertiary/aromatic N) is 2. The second-order valence-corrected chi connectivity index (χ2v) is 6.26. The largest absolute Gasteiger partial charge is 0.412 e. The van der Waals surface area contributed by atoms with Gasteiger partial charge in [-0.15, -0.1) is 12.4 Å². The molecule has 1 amide bonds. The van der Waals surface area contributed by atoms with Crippen LogP contribution in [0.5, 0.6) is 0 Å². The number of carbonyl (C=O) groups excluding carboxylic acids is 1. The Morgan fingerprint density at radius 1 is 1.04 bits per heavy atom. The Balaban J connectivity index is 0.00000169. The Kier molecular flexibility index (Phi) is 7.78. The van der Waals surface area contributed by atoms with E-state index >= 15 is 0 Å². The summed E-state index contributed by atoms with van der Waals surface area (Å²) in [6.07, 6.45) is 0. The molecule has 3 rings (SSSR count). The van der Waals surface area contributed by atoms with E-state index in [4.69, 9.17) is 4.74 Å². The lowest BCUT2D eigenvalue weighted by atomic mass is 9.87. The lowest BCUT2D eigenvalue weighted by Crippen LogP contribution is -2.45. The summed E-state index contributed by atoms with van der Waals surface area (Å²) in [7, 11) is 4.03. The molecule has 1 atom stereocenters. The van der Waals surface area contributed by atoms with Crippen LogP contribution in [0.1, 0.15) is 18.1 Å². The zero-order chi connectivity index (χ0) is 17.2. The third kappa shape index (κ3) is 3.62. The zero-order valence-corrected chi connectivity index (χ0v) is 16.3. The van der Waals surface area contributed by atoms with Crippen LogP contribution < -0.4 is 4.90 Å². The minimum atomic E-state index is -1.04. The van der Waals surface area contributed by atoms with Gasteiger partial charge in [-0.05, 0) is 32.6 Å². The number of benzene rings is 2. The molecule has 1 unspecified atom stereocenters. The molecule has 1 heterocycles. The third-order valence-electron chi connectivity index (χ3n) is 4.43. The first-order valence-electron chi connectivity index (χ1n) is 8.37. The minimum Gasteiger partial charge on any atom is -0.412 e. The number of hydrogen-bond acceptors (Lipinski definition) is 3. The van der Waals surface area contributed by atoms with E-state index in [2.05, 4.69) is 4.90 Å². The topological polar surface area (TPSA) is 64.3 Å². The Labute approximate surface area is 161 Å². The smallest absolute Gasteiger partial charge is 0.268 e. The van der Waals surface area contributed by atoms with Crippen LogP contribution in [0.2, 0.25) is 0 Å². The van der Waals surface area contributed by atoms with E-state index in [0.717, 1.165) is 23.4 Å². The van der Waals surface area contributed by atoms with Crippen molar-refractivity contribution in [1.29, 1.82) is 0 Å². The van der Waals surface area contributed by atoms with Crippen molar-refractivity contribution in [3.8, 4) is 0 Å². The molecule has 0 saturated carbocycles. The fourth-order valence-electron chi connectivity index (χ4n) is 3.33. The van der Waals surface area contributed by atoms with Crippen LogP contribution in [0.15, 0.2) is 54.6 Å². The van der Waals surface area contributed by atoms with E-state index in [-0.39, 0.29) is 23.8 Å². The molecular weight excluding hydrogens is 352 g/mol. The Morgan fingerprint density at radius 2 is 1.65 bits per heavy atom. The van der Waals surface area contributed by atoms with Gasteiger partial charge in [0.15, 0.2) is 5.60 Å². The predicted octanol–water partition coefficient (Wildman–Crippen LogP) is 2.47. The Bertz CT molecular complexity index is 724. The van der Waals surface area contributed by atoms with Crippen LogP contribution in [0.3, 0.4) is 0 Å². The fraction of sp³-hybridized carbons (Fsp3) is 0.350. The van der Waals surface area contributed by atoms with Crippen LogP contribution in [-0.4, -0.2) is 50.1 Å². The van der Waals surface area contributed by atoms with Crippen molar-refractivity contribution >= 4 is 24.0 Å². The van der Waals surface area contributed by atoms with E-state index in [0.29, 0.717) is 13.2 Å². The summed E-state index contributed by atoms with van der Waals surface area (Å²) in [5, 5.41) is 0. The lowest BCUT2D eigenvalue weighted by molar-refractivity contribution is -0.137. The summed E-state index contributed by atoms with van der Waals surface area (Å²) < 4.78 is 6.15. The maximum atomic E-state index is 13.5. The molecule has 2 aromatic carbocycles. The minimum absolute atomic E-state index is 0. The van der Waals surface area contributed by atoms with E-state index < -0.39 is 5.60 Å². The zero-order valence-electron chi connectivity index (χ0n) is 15.4. The van der Waals surface area contributed by atoms with Crippen LogP contribution in [0.25, 0.3) is 0 Å². The standard InChI is InChI=1S/C20H24N2O2.ClH.H2O/c1-4-24-20(16-10-6-5-7-11-16)17-12-8-9-13-18(17)22(19(20)23)15-14-21(2)3;;/h5-13H,4,14-15H2,1-3H3;1H;1H2. The van der Waals surface area contributed by atoms with E-state index in [9.17, 15) is 4.79 Å². The maximum absolute atomic E-state index is 13.5. The highest BCUT2D eigenvalue weighted by Crippen LogP contribution is 2.46. The van der Waals surface area contributed by atoms with Gasteiger partial charge in [-0.25, -0.2) is 0 Å². The van der Waals surface area contributed by atoms with Gasteiger partial charge in [-0.1, -0.05) is 48.5 Å². The van der Waals surface area contributed by atoms with Gasteiger partial charge in [0.25, 0.3) is 5.91 Å². The molecule has 0 saturated heterocycles. The van der Waals surface area contributed by atoms with Gasteiger partial charge in [0.2, 0.25) is 0 Å². The van der Waals surface area contributed by atoms with E-state index in [1.54, 1.807) is 0 Å².